The van der Waals surface area contributed by atoms with Crippen molar-refractivity contribution < 1.29 is 62.3 Å². The Kier molecular flexibility index (Phi) is 12.8. The van der Waals surface area contributed by atoms with Gasteiger partial charge in [0.05, 0.1) is 11.8 Å². The molecule has 14 heteroatoms. The topological polar surface area (TPSA) is 181 Å². The molecule has 10 atom stereocenters. The molecule has 0 amide bonds. The number of allylic oxidation sites excluding steroid dienone is 1. The van der Waals surface area contributed by atoms with Crippen molar-refractivity contribution in [3.63, 3.8) is 0 Å². The van der Waals surface area contributed by atoms with Gasteiger partial charge < -0.3 is 38.4 Å². The predicted molar refractivity (Wildman–Crippen MR) is 196 cm³/mol. The maximum Gasteiger partial charge on any atom is 0.308 e. The van der Waals surface area contributed by atoms with Gasteiger partial charge in [0.2, 0.25) is 0 Å². The van der Waals surface area contributed by atoms with Gasteiger partial charge in [0.1, 0.15) is 29.7 Å². The Morgan fingerprint density at radius 3 is 1.87 bits per heavy atom. The molecule has 0 heterocycles. The molecular weight excluding hydrogens is 714 g/mol. The van der Waals surface area contributed by atoms with E-state index in [0.29, 0.717) is 0 Å². The Morgan fingerprint density at radius 2 is 1.36 bits per heavy atom. The van der Waals surface area contributed by atoms with Gasteiger partial charge in [-0.3, -0.25) is 28.8 Å². The number of hydrogen-bond donors (Lipinski definition) is 1. The fourth-order valence-corrected chi connectivity index (χ4v) is 9.26. The number of nitrogens with zero attached hydrogens (tertiary/aromatic N) is 1. The lowest BCUT2D eigenvalue weighted by Gasteiger charge is -2.64. The molecule has 0 spiro atoms. The molecule has 2 bridgehead atoms. The first-order chi connectivity index (χ1) is 25.5. The Balaban J connectivity index is 2.02. The number of ether oxygens (including phenoxy) is 6. The summed E-state index contributed by atoms with van der Waals surface area (Å²) in [5.74, 6) is -6.45. The molecule has 1 aromatic rings. The van der Waals surface area contributed by atoms with Gasteiger partial charge in [-0.25, -0.2) is 0 Å². The first kappa shape index (κ1) is 43.2. The number of fused-ring (bicyclic) bond motifs is 3. The predicted octanol–water partition coefficient (Wildman–Crippen LogP) is 4.53. The molecule has 4 rings (SSSR count). The van der Waals surface area contributed by atoms with Gasteiger partial charge >= 0.3 is 35.8 Å². The first-order valence-corrected chi connectivity index (χ1v) is 18.4. The summed E-state index contributed by atoms with van der Waals surface area (Å²) in [6.07, 6.45) is -7.25. The molecule has 2 fully saturated rings. The van der Waals surface area contributed by atoms with Crippen molar-refractivity contribution in [1.82, 2.24) is 4.90 Å². The van der Waals surface area contributed by atoms with Crippen LogP contribution in [-0.2, 0) is 57.2 Å². The summed E-state index contributed by atoms with van der Waals surface area (Å²) in [5.41, 5.74) is -4.07. The van der Waals surface area contributed by atoms with Gasteiger partial charge in [-0.15, -0.1) is 0 Å². The lowest BCUT2D eigenvalue weighted by atomic mass is 9.45. The molecule has 1 aromatic carbocycles. The molecule has 2 saturated carbocycles. The van der Waals surface area contributed by atoms with Crippen LogP contribution in [0, 0.1) is 22.7 Å². The van der Waals surface area contributed by atoms with Crippen LogP contribution in [0.15, 0.2) is 53.8 Å². The second kappa shape index (κ2) is 16.3. The minimum absolute atomic E-state index is 0.0374. The smallest absolute Gasteiger partial charge is 0.308 e. The third-order valence-electron chi connectivity index (χ3n) is 11.8. The average Bonchev–Trinajstić information content (AvgIpc) is 3.06. The highest BCUT2D eigenvalue weighted by molar-refractivity contribution is 5.72. The number of aliphatic hydroxyl groups is 1. The van der Waals surface area contributed by atoms with E-state index in [1.54, 1.807) is 20.8 Å². The van der Waals surface area contributed by atoms with Crippen LogP contribution in [0.5, 0.6) is 0 Å². The Labute approximate surface area is 322 Å². The summed E-state index contributed by atoms with van der Waals surface area (Å²) in [6, 6.07) is 9.06. The number of rotatable bonds is 10. The second-order valence-electron chi connectivity index (χ2n) is 15.9. The van der Waals surface area contributed by atoms with E-state index >= 15 is 0 Å². The van der Waals surface area contributed by atoms with Gasteiger partial charge in [0, 0.05) is 76.3 Å². The standard InChI is InChI=1S/C41H55NO13/c1-21-31(55-34(48)19-30(42(11)12)28-16-14-13-15-17-28)20-33(51-24(4)44)40(10)35(21)36(52-25(5)45)29-18-32(50-23(3)43)22(2)41(49,39(29,8)9)38(54-27(7)47)37(40)53-26(6)46/h13-17,29-31,33,35-38,49H,1,18-20H2,2-12H3/t29-,30-,31+,33+,35-,36-,37+,38-,40+,41-/m0/s1. The minimum atomic E-state index is -2.25. The van der Waals surface area contributed by atoms with E-state index in [4.69, 9.17) is 28.4 Å². The molecule has 55 heavy (non-hydrogen) atoms. The normalized spacial score (nSPS) is 31.8. The molecule has 0 unspecified atom stereocenters. The van der Waals surface area contributed by atoms with Crippen molar-refractivity contribution in [3.05, 3.63) is 59.4 Å². The molecule has 302 valence electrons. The molecule has 0 aromatic heterocycles. The van der Waals surface area contributed by atoms with Crippen molar-refractivity contribution in [2.24, 2.45) is 22.7 Å². The first-order valence-electron chi connectivity index (χ1n) is 18.4. The van der Waals surface area contributed by atoms with E-state index in [1.807, 2.05) is 49.3 Å². The van der Waals surface area contributed by atoms with Gasteiger partial charge in [-0.05, 0) is 32.2 Å². The quantitative estimate of drug-likeness (QED) is 0.199. The Bertz CT molecular complexity index is 1730. The van der Waals surface area contributed by atoms with Crippen molar-refractivity contribution in [1.29, 1.82) is 0 Å². The van der Waals surface area contributed by atoms with E-state index in [1.165, 1.54) is 27.7 Å². The van der Waals surface area contributed by atoms with Crippen LogP contribution in [-0.4, -0.2) is 96.0 Å². The number of hydrogen-bond acceptors (Lipinski definition) is 14. The van der Waals surface area contributed by atoms with Crippen LogP contribution in [0.1, 0.15) is 93.2 Å². The summed E-state index contributed by atoms with van der Waals surface area (Å²) in [5, 5.41) is 13.2. The zero-order chi connectivity index (χ0) is 41.4. The summed E-state index contributed by atoms with van der Waals surface area (Å²) in [7, 11) is 3.68. The van der Waals surface area contributed by atoms with Gasteiger partial charge in [-0.1, -0.05) is 57.7 Å². The highest BCUT2D eigenvalue weighted by Gasteiger charge is 2.73. The molecule has 3 aliphatic carbocycles. The van der Waals surface area contributed by atoms with Crippen LogP contribution >= 0.6 is 0 Å². The zero-order valence-electron chi connectivity index (χ0n) is 33.6. The molecule has 0 saturated heterocycles. The van der Waals surface area contributed by atoms with Crippen LogP contribution in [0.2, 0.25) is 0 Å². The maximum absolute atomic E-state index is 13.9. The van der Waals surface area contributed by atoms with E-state index < -0.39 is 94.6 Å². The molecular formula is C41H55NO13. The molecule has 0 radical (unpaired) electrons. The second-order valence-corrected chi connectivity index (χ2v) is 15.9. The van der Waals surface area contributed by atoms with Gasteiger partial charge in [-0.2, -0.15) is 0 Å². The Hall–Kier alpha value is -4.56. The van der Waals surface area contributed by atoms with E-state index in [-0.39, 0.29) is 42.2 Å². The fraction of sp³-hybridized carbons (Fsp3) is 0.610. The van der Waals surface area contributed by atoms with E-state index in [2.05, 4.69) is 6.58 Å². The number of carbonyl (C=O) groups excluding carboxylic acids is 6. The summed E-state index contributed by atoms with van der Waals surface area (Å²) < 4.78 is 36.2. The molecule has 3 aliphatic rings. The lowest BCUT2D eigenvalue weighted by molar-refractivity contribution is -0.278. The van der Waals surface area contributed by atoms with Crippen molar-refractivity contribution in [2.45, 2.75) is 124 Å². The number of benzene rings is 1. The van der Waals surface area contributed by atoms with Crippen LogP contribution in [0.4, 0.5) is 0 Å². The minimum Gasteiger partial charge on any atom is -0.462 e. The monoisotopic (exact) mass is 769 g/mol. The van der Waals surface area contributed by atoms with Crippen LogP contribution in [0.3, 0.4) is 0 Å². The van der Waals surface area contributed by atoms with E-state index in [9.17, 15) is 33.9 Å². The third kappa shape index (κ3) is 8.21. The summed E-state index contributed by atoms with van der Waals surface area (Å²) in [6.45, 7) is 16.8. The van der Waals surface area contributed by atoms with Gasteiger partial charge in [0.15, 0.2) is 12.2 Å². The highest BCUT2D eigenvalue weighted by Crippen LogP contribution is 2.64. The fourth-order valence-electron chi connectivity index (χ4n) is 9.26. The maximum atomic E-state index is 13.9. The highest BCUT2D eigenvalue weighted by atomic mass is 16.6. The van der Waals surface area contributed by atoms with Crippen molar-refractivity contribution in [3.8, 4) is 0 Å². The largest absolute Gasteiger partial charge is 0.462 e. The lowest BCUT2D eigenvalue weighted by Crippen LogP contribution is -2.75. The molecule has 0 aliphatic heterocycles. The summed E-state index contributed by atoms with van der Waals surface area (Å²) >= 11 is 0. The summed E-state index contributed by atoms with van der Waals surface area (Å²) in [4.78, 5) is 80.5. The number of carbonyl (C=O) groups is 6. The Morgan fingerprint density at radius 1 is 0.818 bits per heavy atom. The average molecular weight is 770 g/mol. The number of esters is 6. The van der Waals surface area contributed by atoms with Crippen molar-refractivity contribution >= 4 is 35.8 Å². The van der Waals surface area contributed by atoms with Crippen LogP contribution in [0.25, 0.3) is 0 Å². The SMILES string of the molecule is C=C1[C@H](OC(=O)C[C@@H](c2ccccc2)N(C)C)C[C@@H](OC(C)=O)[C@@]2(C)[C@H](OC(C)=O)[C@H](OC(C)=O)[C@@]3(O)C(C)=C(OC(C)=O)C[C@@H]([C@H](OC(C)=O)[C@H]12)C3(C)C. The third-order valence-corrected chi connectivity index (χ3v) is 11.8. The van der Waals surface area contributed by atoms with Crippen molar-refractivity contribution in [2.75, 3.05) is 14.1 Å². The molecule has 14 nitrogen and oxygen atoms in total. The molecule has 1 N–H and O–H groups in total. The van der Waals surface area contributed by atoms with Crippen LogP contribution < -0.4 is 0 Å². The van der Waals surface area contributed by atoms with E-state index in [0.717, 1.165) is 19.4 Å². The zero-order valence-corrected chi connectivity index (χ0v) is 33.6. The van der Waals surface area contributed by atoms with Gasteiger partial charge in [0.25, 0.3) is 0 Å².